The summed E-state index contributed by atoms with van der Waals surface area (Å²) in [6.45, 7) is 5.99. The topological polar surface area (TPSA) is 50.4 Å². The van der Waals surface area contributed by atoms with E-state index in [1.807, 2.05) is 25.1 Å². The van der Waals surface area contributed by atoms with E-state index in [0.717, 1.165) is 24.2 Å². The molecule has 100 valence electrons. The number of methoxy groups -OCH3 is 1. The highest BCUT2D eigenvalue weighted by atomic mass is 16.5. The number of benzene rings is 1. The summed E-state index contributed by atoms with van der Waals surface area (Å²) < 4.78 is 4.92. The van der Waals surface area contributed by atoms with Crippen LogP contribution in [0.5, 0.6) is 0 Å². The maximum Gasteiger partial charge on any atom is 0.253 e. The zero-order valence-corrected chi connectivity index (χ0v) is 11.4. The molecule has 0 radical (unpaired) electrons. The molecule has 0 atom stereocenters. The molecule has 1 aromatic carbocycles. The Labute approximate surface area is 109 Å². The van der Waals surface area contributed by atoms with E-state index in [1.165, 1.54) is 0 Å². The number of amides is 1. The van der Waals surface area contributed by atoms with Crippen LogP contribution in [0.15, 0.2) is 18.2 Å². The van der Waals surface area contributed by atoms with Gasteiger partial charge < -0.3 is 15.4 Å². The van der Waals surface area contributed by atoms with Crippen molar-refractivity contribution in [2.75, 3.05) is 32.1 Å². The predicted octanol–water partition coefficient (Wildman–Crippen LogP) is 2.19. The largest absolute Gasteiger partial charge is 0.384 e. The van der Waals surface area contributed by atoms with Crippen molar-refractivity contribution < 1.29 is 9.53 Å². The molecule has 18 heavy (non-hydrogen) atoms. The van der Waals surface area contributed by atoms with Gasteiger partial charge >= 0.3 is 0 Å². The Balaban J connectivity index is 2.76. The van der Waals surface area contributed by atoms with Crippen LogP contribution < -0.4 is 10.6 Å². The first-order valence-corrected chi connectivity index (χ1v) is 6.30. The molecule has 0 aliphatic carbocycles. The number of aryl methyl sites for hydroxylation is 1. The average Bonchev–Trinajstić information content (AvgIpc) is 2.37. The van der Waals surface area contributed by atoms with Gasteiger partial charge in [0, 0.05) is 25.9 Å². The van der Waals surface area contributed by atoms with Crippen LogP contribution in [-0.2, 0) is 4.74 Å². The summed E-state index contributed by atoms with van der Waals surface area (Å²) in [5.74, 6) is -0.0608. The van der Waals surface area contributed by atoms with Gasteiger partial charge in [-0.05, 0) is 25.5 Å². The van der Waals surface area contributed by atoms with Gasteiger partial charge in [0.25, 0.3) is 5.91 Å². The van der Waals surface area contributed by atoms with Gasteiger partial charge in [-0.2, -0.15) is 0 Å². The van der Waals surface area contributed by atoms with E-state index in [4.69, 9.17) is 4.74 Å². The molecule has 0 bridgehead atoms. The van der Waals surface area contributed by atoms with Crippen LogP contribution >= 0.6 is 0 Å². The molecule has 4 nitrogen and oxygen atoms in total. The highest BCUT2D eigenvalue weighted by molar-refractivity contribution is 5.99. The van der Waals surface area contributed by atoms with Crippen LogP contribution in [0.1, 0.15) is 29.3 Å². The molecule has 0 aromatic heterocycles. The number of hydrogen-bond donors (Lipinski definition) is 2. The first-order chi connectivity index (χ1) is 8.69. The molecule has 2 N–H and O–H groups in total. The maximum absolute atomic E-state index is 12.0. The van der Waals surface area contributed by atoms with Crippen molar-refractivity contribution in [3.63, 3.8) is 0 Å². The minimum atomic E-state index is -0.0608. The molecular formula is C14H22N2O2. The molecule has 0 saturated carbocycles. The molecule has 1 rings (SSSR count). The van der Waals surface area contributed by atoms with E-state index in [-0.39, 0.29) is 5.91 Å². The molecule has 0 unspecified atom stereocenters. The normalized spacial score (nSPS) is 10.2. The number of carbonyl (C=O) groups excluding carboxylic acids is 1. The van der Waals surface area contributed by atoms with Crippen molar-refractivity contribution in [1.82, 2.24) is 5.32 Å². The molecule has 4 heteroatoms. The lowest BCUT2D eigenvalue weighted by atomic mass is 10.1. The van der Waals surface area contributed by atoms with Crippen LogP contribution in [0, 0.1) is 6.92 Å². The number of nitrogens with one attached hydrogen (secondary N) is 2. The zero-order valence-electron chi connectivity index (χ0n) is 11.4. The molecule has 1 aromatic rings. The summed E-state index contributed by atoms with van der Waals surface area (Å²) in [5, 5.41) is 6.11. The van der Waals surface area contributed by atoms with E-state index >= 15 is 0 Å². The fourth-order valence-electron chi connectivity index (χ4n) is 1.62. The summed E-state index contributed by atoms with van der Waals surface area (Å²) in [5.41, 5.74) is 2.66. The second kappa shape index (κ2) is 7.71. The Bertz CT molecular complexity index is 391. The van der Waals surface area contributed by atoms with Gasteiger partial charge in [-0.25, -0.2) is 0 Å². The van der Waals surface area contributed by atoms with E-state index < -0.39 is 0 Å². The lowest BCUT2D eigenvalue weighted by Crippen LogP contribution is -2.27. The number of ether oxygens (including phenoxy) is 1. The molecule has 0 saturated heterocycles. The van der Waals surface area contributed by atoms with Gasteiger partial charge in [-0.3, -0.25) is 4.79 Å². The lowest BCUT2D eigenvalue weighted by Gasteiger charge is -2.12. The Hall–Kier alpha value is -1.55. The van der Waals surface area contributed by atoms with Crippen molar-refractivity contribution in [2.45, 2.75) is 20.3 Å². The summed E-state index contributed by atoms with van der Waals surface area (Å²) >= 11 is 0. The van der Waals surface area contributed by atoms with Crippen LogP contribution in [0.25, 0.3) is 0 Å². The van der Waals surface area contributed by atoms with Gasteiger partial charge in [-0.15, -0.1) is 0 Å². The van der Waals surface area contributed by atoms with Gasteiger partial charge in [0.15, 0.2) is 0 Å². The Morgan fingerprint density at radius 3 is 2.78 bits per heavy atom. The third kappa shape index (κ3) is 4.37. The number of carbonyl (C=O) groups is 1. The Morgan fingerprint density at radius 2 is 2.11 bits per heavy atom. The lowest BCUT2D eigenvalue weighted by molar-refractivity contribution is 0.0938. The minimum absolute atomic E-state index is 0.0608. The maximum atomic E-state index is 12.0. The first-order valence-electron chi connectivity index (χ1n) is 6.30. The fourth-order valence-corrected chi connectivity index (χ4v) is 1.62. The summed E-state index contributed by atoms with van der Waals surface area (Å²) in [6.07, 6.45) is 1.03. The molecular weight excluding hydrogens is 228 g/mol. The van der Waals surface area contributed by atoms with Crippen molar-refractivity contribution in [1.29, 1.82) is 0 Å². The summed E-state index contributed by atoms with van der Waals surface area (Å²) in [4.78, 5) is 12.0. The molecule has 0 aliphatic rings. The van der Waals surface area contributed by atoms with Gasteiger partial charge in [-0.1, -0.05) is 18.6 Å². The average molecular weight is 250 g/mol. The number of rotatable bonds is 7. The minimum Gasteiger partial charge on any atom is -0.384 e. The Kier molecular flexibility index (Phi) is 6.22. The van der Waals surface area contributed by atoms with Gasteiger partial charge in [0.1, 0.15) is 0 Å². The highest BCUT2D eigenvalue weighted by Gasteiger charge is 2.10. The van der Waals surface area contributed by atoms with Crippen molar-refractivity contribution in [3.05, 3.63) is 29.3 Å². The number of anilines is 1. The first kappa shape index (κ1) is 14.5. The van der Waals surface area contributed by atoms with Gasteiger partial charge in [0.2, 0.25) is 0 Å². The second-order valence-electron chi connectivity index (χ2n) is 4.22. The highest BCUT2D eigenvalue weighted by Crippen LogP contribution is 2.17. The Morgan fingerprint density at radius 1 is 1.33 bits per heavy atom. The molecule has 1 amide bonds. The third-order valence-electron chi connectivity index (χ3n) is 2.58. The molecule has 0 aliphatic heterocycles. The van der Waals surface area contributed by atoms with E-state index in [1.54, 1.807) is 7.11 Å². The zero-order chi connectivity index (χ0) is 13.4. The van der Waals surface area contributed by atoms with E-state index in [0.29, 0.717) is 18.7 Å². The van der Waals surface area contributed by atoms with Crippen molar-refractivity contribution >= 4 is 11.6 Å². The molecule has 0 spiro atoms. The summed E-state index contributed by atoms with van der Waals surface area (Å²) in [6, 6.07) is 5.86. The smallest absolute Gasteiger partial charge is 0.253 e. The predicted molar refractivity (Wildman–Crippen MR) is 74.2 cm³/mol. The fraction of sp³-hybridized carbons (Fsp3) is 0.500. The van der Waals surface area contributed by atoms with Crippen molar-refractivity contribution in [2.24, 2.45) is 0 Å². The molecule has 0 fully saturated rings. The third-order valence-corrected chi connectivity index (χ3v) is 2.58. The van der Waals surface area contributed by atoms with Crippen LogP contribution in [-0.4, -0.2) is 32.7 Å². The summed E-state index contributed by atoms with van der Waals surface area (Å²) in [7, 11) is 1.62. The monoisotopic (exact) mass is 250 g/mol. The van der Waals surface area contributed by atoms with Crippen LogP contribution in [0.2, 0.25) is 0 Å². The molecule has 0 heterocycles. The van der Waals surface area contributed by atoms with E-state index in [2.05, 4.69) is 17.6 Å². The van der Waals surface area contributed by atoms with Crippen molar-refractivity contribution in [3.8, 4) is 0 Å². The SMILES string of the molecule is CCCNc1ccc(C)cc1C(=O)NCCOC. The standard InChI is InChI=1S/C14H22N2O2/c1-4-7-15-13-6-5-11(2)10-12(13)14(17)16-8-9-18-3/h5-6,10,15H,4,7-9H2,1-3H3,(H,16,17). The quantitative estimate of drug-likeness (QED) is 0.729. The van der Waals surface area contributed by atoms with E-state index in [9.17, 15) is 4.79 Å². The number of hydrogen-bond acceptors (Lipinski definition) is 3. The second-order valence-corrected chi connectivity index (χ2v) is 4.22. The van der Waals surface area contributed by atoms with Crippen LogP contribution in [0.3, 0.4) is 0 Å². The van der Waals surface area contributed by atoms with Gasteiger partial charge in [0.05, 0.1) is 12.2 Å². The van der Waals surface area contributed by atoms with Crippen LogP contribution in [0.4, 0.5) is 5.69 Å².